The van der Waals surface area contributed by atoms with Crippen molar-refractivity contribution >= 4 is 11.1 Å². The number of aliphatic hydroxyl groups excluding tert-OH is 2. The van der Waals surface area contributed by atoms with Gasteiger partial charge in [0, 0.05) is 31.8 Å². The van der Waals surface area contributed by atoms with Crippen molar-refractivity contribution in [3.8, 4) is 11.5 Å². The number of piperidine rings is 1. The molecule has 4 atom stereocenters. The zero-order valence-corrected chi connectivity index (χ0v) is 21.7. The highest BCUT2D eigenvalue weighted by Crippen LogP contribution is 2.48. The van der Waals surface area contributed by atoms with Gasteiger partial charge in [-0.3, -0.25) is 4.90 Å². The van der Waals surface area contributed by atoms with Crippen molar-refractivity contribution in [1.29, 1.82) is 0 Å². The van der Waals surface area contributed by atoms with Gasteiger partial charge in [0.15, 0.2) is 0 Å². The molecule has 200 valence electrons. The second-order valence-electron chi connectivity index (χ2n) is 10.4. The molecule has 1 aliphatic heterocycles. The highest BCUT2D eigenvalue weighted by molar-refractivity contribution is 5.98. The van der Waals surface area contributed by atoms with Gasteiger partial charge in [0.05, 0.1) is 6.61 Å². The van der Waals surface area contributed by atoms with Gasteiger partial charge < -0.3 is 25.8 Å². The summed E-state index contributed by atoms with van der Waals surface area (Å²) >= 11 is 0. The molecule has 5 rings (SSSR count). The van der Waals surface area contributed by atoms with E-state index < -0.39 is 0 Å². The van der Waals surface area contributed by atoms with E-state index in [-0.39, 0.29) is 31.0 Å². The van der Waals surface area contributed by atoms with Gasteiger partial charge in [-0.15, -0.1) is 0 Å². The van der Waals surface area contributed by atoms with Gasteiger partial charge in [-0.25, -0.2) is 0 Å². The lowest BCUT2D eigenvalue weighted by Crippen LogP contribution is -2.53. The number of rotatable bonds is 11. The molecule has 1 saturated carbocycles. The summed E-state index contributed by atoms with van der Waals surface area (Å²) in [6, 6.07) is 26.0. The van der Waals surface area contributed by atoms with Gasteiger partial charge in [0.1, 0.15) is 18.1 Å². The van der Waals surface area contributed by atoms with Crippen LogP contribution in [0.25, 0.3) is 11.1 Å². The number of fused-ring (bicyclic) bond motifs is 1. The number of benzene rings is 3. The summed E-state index contributed by atoms with van der Waals surface area (Å²) in [5, 5.41) is 29.4. The number of allylic oxidation sites excluding steroid dienone is 1. The molecular formula is C32H38N2O4. The molecule has 2 fully saturated rings. The lowest BCUT2D eigenvalue weighted by Gasteiger charge is -2.37. The molecule has 1 saturated heterocycles. The van der Waals surface area contributed by atoms with Gasteiger partial charge >= 0.3 is 0 Å². The standard InChI is InChI=1S/C32H38N2O4/c33-30-20-34(31(21-36)29-19-28(29)30)16-18-38-26-14-10-24(11-15-26)32(23-8-12-25(37)13-9-23)27(7-4-17-35)22-5-2-1-3-6-22/h1-3,5-6,8-15,28-31,35-37H,4,7,16-21,33H2/b32-27-/t28?,29-,30-,31-/m1/s1. The van der Waals surface area contributed by atoms with Crippen molar-refractivity contribution in [2.45, 2.75) is 31.3 Å². The summed E-state index contributed by atoms with van der Waals surface area (Å²) in [4.78, 5) is 2.28. The predicted octanol–water partition coefficient (Wildman–Crippen LogP) is 4.14. The van der Waals surface area contributed by atoms with Crippen LogP contribution in [0.5, 0.6) is 11.5 Å². The second-order valence-corrected chi connectivity index (χ2v) is 10.4. The fourth-order valence-electron chi connectivity index (χ4n) is 5.94. The van der Waals surface area contributed by atoms with Crippen LogP contribution in [0.15, 0.2) is 78.9 Å². The van der Waals surface area contributed by atoms with E-state index in [9.17, 15) is 15.3 Å². The molecule has 0 bridgehead atoms. The Morgan fingerprint density at radius 3 is 2.21 bits per heavy atom. The van der Waals surface area contributed by atoms with Crippen molar-refractivity contribution < 1.29 is 20.1 Å². The topological polar surface area (TPSA) is 99.2 Å². The molecule has 38 heavy (non-hydrogen) atoms. The number of hydrogen-bond donors (Lipinski definition) is 4. The average molecular weight is 515 g/mol. The van der Waals surface area contributed by atoms with Gasteiger partial charge in [-0.2, -0.15) is 0 Å². The molecule has 5 N–H and O–H groups in total. The van der Waals surface area contributed by atoms with E-state index in [0.717, 1.165) is 59.5 Å². The molecule has 3 aromatic rings. The number of nitrogens with two attached hydrogens (primary N) is 1. The number of aliphatic hydroxyl groups is 2. The molecule has 1 aliphatic carbocycles. The third-order valence-corrected chi connectivity index (χ3v) is 7.99. The lowest BCUT2D eigenvalue weighted by molar-refractivity contribution is 0.0612. The Morgan fingerprint density at radius 1 is 0.868 bits per heavy atom. The zero-order chi connectivity index (χ0) is 26.5. The number of aromatic hydroxyl groups is 1. The molecule has 6 heteroatoms. The number of hydrogen-bond acceptors (Lipinski definition) is 6. The molecule has 2 aliphatic rings. The van der Waals surface area contributed by atoms with E-state index in [1.807, 2.05) is 42.5 Å². The van der Waals surface area contributed by atoms with Gasteiger partial charge in [-0.1, -0.05) is 54.6 Å². The number of nitrogens with zero attached hydrogens (tertiary/aromatic N) is 1. The largest absolute Gasteiger partial charge is 0.508 e. The Bertz CT molecular complexity index is 1210. The van der Waals surface area contributed by atoms with Crippen LogP contribution < -0.4 is 10.5 Å². The molecule has 6 nitrogen and oxygen atoms in total. The Kier molecular flexibility index (Phi) is 8.45. The average Bonchev–Trinajstić information content (AvgIpc) is 3.75. The summed E-state index contributed by atoms with van der Waals surface area (Å²) in [7, 11) is 0. The second kappa shape index (κ2) is 12.1. The van der Waals surface area contributed by atoms with Crippen LogP contribution >= 0.6 is 0 Å². The van der Waals surface area contributed by atoms with E-state index in [1.54, 1.807) is 12.1 Å². The van der Waals surface area contributed by atoms with Crippen molar-refractivity contribution in [2.75, 3.05) is 32.9 Å². The number of phenols is 1. The minimum Gasteiger partial charge on any atom is -0.508 e. The van der Waals surface area contributed by atoms with Gasteiger partial charge in [0.25, 0.3) is 0 Å². The van der Waals surface area contributed by atoms with E-state index in [1.165, 1.54) is 0 Å². The number of likely N-dealkylation sites (tertiary alicyclic amines) is 1. The van der Waals surface area contributed by atoms with Crippen molar-refractivity contribution in [3.63, 3.8) is 0 Å². The summed E-state index contributed by atoms with van der Waals surface area (Å²) < 4.78 is 6.11. The Labute approximate surface area is 225 Å². The fourth-order valence-corrected chi connectivity index (χ4v) is 5.94. The highest BCUT2D eigenvalue weighted by atomic mass is 16.5. The minimum absolute atomic E-state index is 0.117. The predicted molar refractivity (Wildman–Crippen MR) is 151 cm³/mol. The molecule has 0 aromatic heterocycles. The quantitative estimate of drug-likeness (QED) is 0.287. The molecule has 0 spiro atoms. The van der Waals surface area contributed by atoms with Crippen LogP contribution in [0, 0.1) is 11.8 Å². The summed E-state index contributed by atoms with van der Waals surface area (Å²) in [6.07, 6.45) is 2.51. The Balaban J connectivity index is 1.36. The van der Waals surface area contributed by atoms with E-state index >= 15 is 0 Å². The summed E-state index contributed by atoms with van der Waals surface area (Å²) in [5.74, 6) is 2.12. The lowest BCUT2D eigenvalue weighted by atomic mass is 9.87. The first-order chi connectivity index (χ1) is 18.6. The molecule has 0 radical (unpaired) electrons. The fraction of sp³-hybridized carbons (Fsp3) is 0.375. The summed E-state index contributed by atoms with van der Waals surface area (Å²) in [5.41, 5.74) is 11.7. The molecular weight excluding hydrogens is 476 g/mol. The van der Waals surface area contributed by atoms with Crippen LogP contribution in [0.4, 0.5) is 0 Å². The van der Waals surface area contributed by atoms with Gasteiger partial charge in [0.2, 0.25) is 0 Å². The monoisotopic (exact) mass is 514 g/mol. The van der Waals surface area contributed by atoms with Crippen LogP contribution in [0.1, 0.15) is 36.0 Å². The number of ether oxygens (including phenoxy) is 1. The Morgan fingerprint density at radius 2 is 1.55 bits per heavy atom. The van der Waals surface area contributed by atoms with Crippen LogP contribution in [-0.2, 0) is 0 Å². The van der Waals surface area contributed by atoms with E-state index in [0.29, 0.717) is 24.9 Å². The molecule has 1 unspecified atom stereocenters. The Hall–Kier alpha value is -3.16. The maximum absolute atomic E-state index is 9.89. The smallest absolute Gasteiger partial charge is 0.119 e. The number of phenolic OH excluding ortho intramolecular Hbond substituents is 1. The first-order valence-electron chi connectivity index (χ1n) is 13.6. The van der Waals surface area contributed by atoms with Crippen LogP contribution in [0.3, 0.4) is 0 Å². The van der Waals surface area contributed by atoms with E-state index in [2.05, 4.69) is 29.2 Å². The first kappa shape index (κ1) is 26.4. The van der Waals surface area contributed by atoms with Crippen molar-refractivity contribution in [1.82, 2.24) is 4.90 Å². The normalized spacial score (nSPS) is 23.4. The molecule has 0 amide bonds. The SMILES string of the molecule is N[C@@H]1CN(CCOc2ccc(/C(=C(/CCCO)c3ccccc3)c3ccc(O)cc3)cc2)[C@H](CO)[C@@H]2CC12. The van der Waals surface area contributed by atoms with Crippen LogP contribution in [-0.4, -0.2) is 65.2 Å². The maximum atomic E-state index is 9.89. The summed E-state index contributed by atoms with van der Waals surface area (Å²) in [6.45, 7) is 2.38. The van der Waals surface area contributed by atoms with Gasteiger partial charge in [-0.05, 0) is 83.2 Å². The van der Waals surface area contributed by atoms with Crippen molar-refractivity contribution in [3.05, 3.63) is 95.6 Å². The molecule has 1 heterocycles. The van der Waals surface area contributed by atoms with Crippen molar-refractivity contribution in [2.24, 2.45) is 17.6 Å². The third kappa shape index (κ3) is 5.94. The highest BCUT2D eigenvalue weighted by Gasteiger charge is 2.52. The maximum Gasteiger partial charge on any atom is 0.119 e. The van der Waals surface area contributed by atoms with Crippen LogP contribution in [0.2, 0.25) is 0 Å². The molecule has 3 aromatic carbocycles. The third-order valence-electron chi connectivity index (χ3n) is 7.99. The first-order valence-corrected chi connectivity index (χ1v) is 13.6. The minimum atomic E-state index is 0.117. The van der Waals surface area contributed by atoms with E-state index in [4.69, 9.17) is 10.5 Å². The zero-order valence-electron chi connectivity index (χ0n) is 21.7.